The first-order chi connectivity index (χ1) is 15.4. The summed E-state index contributed by atoms with van der Waals surface area (Å²) in [5.41, 5.74) is 3.40. The van der Waals surface area contributed by atoms with Crippen molar-refractivity contribution in [1.82, 2.24) is 9.80 Å². The van der Waals surface area contributed by atoms with Crippen molar-refractivity contribution in [3.63, 3.8) is 0 Å². The quantitative estimate of drug-likeness (QED) is 0.467. The Balaban J connectivity index is 2.02. The molecular formula is C25H27AlN4O2. The number of aliphatic imine (C=N–C) groups is 2. The van der Waals surface area contributed by atoms with Gasteiger partial charge in [0.2, 0.25) is 0 Å². The molecule has 0 amide bonds. The van der Waals surface area contributed by atoms with Crippen LogP contribution in [0.2, 0.25) is 5.79 Å². The molecule has 0 unspecified atom stereocenters. The fraction of sp³-hybridized carbons (Fsp3) is 0.200. The van der Waals surface area contributed by atoms with Gasteiger partial charge in [0.25, 0.3) is 0 Å². The molecule has 0 aromatic heterocycles. The molecule has 1 aliphatic rings. The van der Waals surface area contributed by atoms with E-state index in [1.807, 2.05) is 117 Å². The van der Waals surface area contributed by atoms with Gasteiger partial charge in [0.1, 0.15) is 11.7 Å². The van der Waals surface area contributed by atoms with Crippen molar-refractivity contribution in [3.8, 4) is 11.5 Å². The maximum Gasteiger partial charge on any atom is 0.853 e. The molecule has 0 bridgehead atoms. The summed E-state index contributed by atoms with van der Waals surface area (Å²) in [6.45, 7) is 0. The molecule has 1 aliphatic heterocycles. The van der Waals surface area contributed by atoms with Crippen LogP contribution in [0.3, 0.4) is 0 Å². The minimum atomic E-state index is -2.08. The highest BCUT2D eigenvalue weighted by Gasteiger charge is 2.29. The molecule has 162 valence electrons. The van der Waals surface area contributed by atoms with E-state index < -0.39 is 14.8 Å². The van der Waals surface area contributed by atoms with Crippen molar-refractivity contribution in [2.45, 2.75) is 5.79 Å². The van der Waals surface area contributed by atoms with Crippen LogP contribution in [0.15, 0.2) is 82.8 Å². The van der Waals surface area contributed by atoms with Crippen molar-refractivity contribution in [2.24, 2.45) is 9.98 Å². The smallest absolute Gasteiger partial charge is 0.611 e. The zero-order chi connectivity index (χ0) is 22.7. The number of benzene rings is 3. The van der Waals surface area contributed by atoms with E-state index in [9.17, 15) is 0 Å². The summed E-state index contributed by atoms with van der Waals surface area (Å²) in [4.78, 5) is 14.1. The van der Waals surface area contributed by atoms with Crippen LogP contribution in [0.4, 0.5) is 11.4 Å². The van der Waals surface area contributed by atoms with Crippen molar-refractivity contribution in [3.05, 3.63) is 83.9 Å². The van der Waals surface area contributed by atoms with E-state index in [2.05, 4.69) is 0 Å². The van der Waals surface area contributed by atoms with Gasteiger partial charge in [-0.3, -0.25) is 0 Å². The number of hydrogen-bond acceptors (Lipinski definition) is 6. The monoisotopic (exact) mass is 442 g/mol. The van der Waals surface area contributed by atoms with Crippen LogP contribution in [0.25, 0.3) is 0 Å². The van der Waals surface area contributed by atoms with Crippen molar-refractivity contribution in [1.29, 1.82) is 0 Å². The van der Waals surface area contributed by atoms with Crippen LogP contribution >= 0.6 is 0 Å². The molecule has 1 heterocycles. The topological polar surface area (TPSA) is 49.7 Å². The highest BCUT2D eigenvalue weighted by atomic mass is 27.2. The average molecular weight is 442 g/mol. The van der Waals surface area contributed by atoms with E-state index in [0.29, 0.717) is 0 Å². The van der Waals surface area contributed by atoms with Crippen LogP contribution in [0, 0.1) is 0 Å². The summed E-state index contributed by atoms with van der Waals surface area (Å²) in [7, 11) is 7.94. The van der Waals surface area contributed by atoms with E-state index >= 15 is 0 Å². The van der Waals surface area contributed by atoms with E-state index in [-0.39, 0.29) is 0 Å². The minimum Gasteiger partial charge on any atom is -0.611 e. The lowest BCUT2D eigenvalue weighted by molar-refractivity contribution is 0.429. The van der Waals surface area contributed by atoms with Crippen LogP contribution in [0.5, 0.6) is 11.5 Å². The average Bonchev–Trinajstić information content (AvgIpc) is 2.77. The summed E-state index contributed by atoms with van der Waals surface area (Å²) in [5.74, 6) is 5.16. The molecule has 0 fully saturated rings. The number of nitrogens with zero attached hydrogens (tertiary/aromatic N) is 4. The Kier molecular flexibility index (Phi) is 6.50. The maximum absolute atomic E-state index is 6.39. The van der Waals surface area contributed by atoms with Gasteiger partial charge >= 0.3 is 14.8 Å². The highest BCUT2D eigenvalue weighted by molar-refractivity contribution is 6.44. The predicted molar refractivity (Wildman–Crippen MR) is 132 cm³/mol. The molecule has 0 N–H and O–H groups in total. The SMILES string of the molecule is CN(C)C1=Nc2ccccc2N=C(N(C)C)c2ccccc2[O][Al]([CH3])[O]c2ccccc21. The van der Waals surface area contributed by atoms with Gasteiger partial charge in [-0.1, -0.05) is 36.4 Å². The molecule has 0 spiro atoms. The van der Waals surface area contributed by atoms with Gasteiger partial charge in [0.05, 0.1) is 34.0 Å². The summed E-state index contributed by atoms with van der Waals surface area (Å²) < 4.78 is 12.8. The van der Waals surface area contributed by atoms with Crippen LogP contribution in [-0.2, 0) is 0 Å². The van der Waals surface area contributed by atoms with E-state index in [1.54, 1.807) is 0 Å². The summed E-state index contributed by atoms with van der Waals surface area (Å²) in [5, 5.41) is 0. The van der Waals surface area contributed by atoms with E-state index in [0.717, 1.165) is 45.7 Å². The zero-order valence-electron chi connectivity index (χ0n) is 19.1. The lowest BCUT2D eigenvalue weighted by Gasteiger charge is -2.22. The third kappa shape index (κ3) is 4.64. The largest absolute Gasteiger partial charge is 0.853 e. The molecule has 3 aromatic carbocycles. The Bertz CT molecular complexity index is 1080. The molecule has 0 saturated carbocycles. The predicted octanol–water partition coefficient (Wildman–Crippen LogP) is 4.86. The summed E-state index contributed by atoms with van der Waals surface area (Å²) in [6, 6.07) is 23.9. The molecule has 0 saturated heterocycles. The molecule has 32 heavy (non-hydrogen) atoms. The van der Waals surface area contributed by atoms with Crippen LogP contribution in [-0.4, -0.2) is 64.5 Å². The normalized spacial score (nSPS) is 13.3. The van der Waals surface area contributed by atoms with E-state index in [4.69, 9.17) is 17.6 Å². The minimum absolute atomic E-state index is 0.766. The molecule has 0 atom stereocenters. The molecule has 6 nitrogen and oxygen atoms in total. The Labute approximate surface area is 194 Å². The van der Waals surface area contributed by atoms with Crippen LogP contribution < -0.4 is 7.58 Å². The number of para-hydroxylation sites is 4. The first kappa shape index (κ1) is 21.9. The standard InChI is InChI=1S/C24H26N4O2.CH3.Al/c1-27(2)23(17-11-5-9-15-21(17)29)25-19-13-7-8-14-20(19)26-24(28(3)4)18-12-6-10-16-22(18)30;;/h5-16,29-30H,1-4H3;1H3;/q;;+2/p-2. The Morgan fingerprint density at radius 1 is 0.594 bits per heavy atom. The third-order valence-corrected chi connectivity index (χ3v) is 6.20. The second-order valence-corrected chi connectivity index (χ2v) is 9.55. The van der Waals surface area contributed by atoms with E-state index in [1.165, 1.54) is 0 Å². The fourth-order valence-electron chi connectivity index (χ4n) is 3.57. The molecule has 0 aliphatic carbocycles. The van der Waals surface area contributed by atoms with Gasteiger partial charge in [-0.2, -0.15) is 0 Å². The number of hydrogen-bond donors (Lipinski definition) is 0. The zero-order valence-corrected chi connectivity index (χ0v) is 20.3. The van der Waals surface area contributed by atoms with Crippen molar-refractivity contribution >= 4 is 37.9 Å². The van der Waals surface area contributed by atoms with Gasteiger partial charge in [-0.05, 0) is 42.2 Å². The first-order valence-corrected chi connectivity index (χ1v) is 12.7. The summed E-state index contributed by atoms with van der Waals surface area (Å²) in [6.07, 6.45) is 0. The molecular weight excluding hydrogens is 415 g/mol. The Hall–Kier alpha value is -3.27. The summed E-state index contributed by atoms with van der Waals surface area (Å²) >= 11 is -2.08. The lowest BCUT2D eigenvalue weighted by atomic mass is 10.1. The van der Waals surface area contributed by atoms with Gasteiger partial charge in [0, 0.05) is 28.2 Å². The van der Waals surface area contributed by atoms with Gasteiger partial charge in [-0.15, -0.1) is 0 Å². The second kappa shape index (κ2) is 9.48. The van der Waals surface area contributed by atoms with Crippen LogP contribution in [0.1, 0.15) is 11.1 Å². The fourth-order valence-corrected chi connectivity index (χ4v) is 4.75. The number of fused-ring (bicyclic) bond motifs is 3. The number of amidine groups is 2. The Morgan fingerprint density at radius 3 is 1.38 bits per heavy atom. The van der Waals surface area contributed by atoms with Crippen molar-refractivity contribution < 1.29 is 7.58 Å². The lowest BCUT2D eigenvalue weighted by Crippen LogP contribution is -2.30. The molecule has 4 rings (SSSR count). The Morgan fingerprint density at radius 2 is 0.969 bits per heavy atom. The van der Waals surface area contributed by atoms with Gasteiger partial charge in [0.15, 0.2) is 0 Å². The van der Waals surface area contributed by atoms with Gasteiger partial charge < -0.3 is 17.4 Å². The van der Waals surface area contributed by atoms with Gasteiger partial charge in [-0.25, -0.2) is 9.98 Å². The second-order valence-electron chi connectivity index (χ2n) is 7.94. The first-order valence-electron chi connectivity index (χ1n) is 10.6. The molecule has 7 heteroatoms. The molecule has 3 aromatic rings. The maximum atomic E-state index is 6.39. The molecule has 0 radical (unpaired) electrons. The number of rotatable bonds is 0. The van der Waals surface area contributed by atoms with Crippen molar-refractivity contribution in [2.75, 3.05) is 28.2 Å². The third-order valence-electron chi connectivity index (χ3n) is 5.02. The highest BCUT2D eigenvalue weighted by Crippen LogP contribution is 2.32.